The smallest absolute Gasteiger partial charge is 0.243 e. The summed E-state index contributed by atoms with van der Waals surface area (Å²) in [6.07, 6.45) is 1.07. The highest BCUT2D eigenvalue weighted by molar-refractivity contribution is 7.89. The molecular weight excluding hydrogens is 428 g/mol. The molecule has 1 aliphatic heterocycles. The molecule has 3 aromatic carbocycles. The number of amides is 1. The van der Waals surface area contributed by atoms with Gasteiger partial charge in [0.05, 0.1) is 17.7 Å². The van der Waals surface area contributed by atoms with Crippen LogP contribution >= 0.6 is 0 Å². The van der Waals surface area contributed by atoms with E-state index in [0.717, 1.165) is 16.4 Å². The zero-order valence-electron chi connectivity index (χ0n) is 17.4. The van der Waals surface area contributed by atoms with Gasteiger partial charge in [0, 0.05) is 23.4 Å². The number of fused-ring (bicyclic) bond motifs is 3. The molecule has 0 spiro atoms. The molecule has 1 atom stereocenters. The first kappa shape index (κ1) is 20.5. The van der Waals surface area contributed by atoms with Crippen LogP contribution in [0.3, 0.4) is 0 Å². The number of hydrogen-bond donors (Lipinski definition) is 1. The molecule has 32 heavy (non-hydrogen) atoms. The fourth-order valence-corrected chi connectivity index (χ4v) is 5.93. The molecule has 0 bridgehead atoms. The number of benzene rings is 3. The number of nitrogens with zero attached hydrogens (tertiary/aromatic N) is 1. The van der Waals surface area contributed by atoms with Gasteiger partial charge in [-0.3, -0.25) is 4.79 Å². The van der Waals surface area contributed by atoms with E-state index < -0.39 is 22.0 Å². The van der Waals surface area contributed by atoms with Crippen LogP contribution in [0.2, 0.25) is 0 Å². The highest BCUT2D eigenvalue weighted by Gasteiger charge is 2.39. The minimum atomic E-state index is -3.77. The maximum Gasteiger partial charge on any atom is 0.243 e. The summed E-state index contributed by atoms with van der Waals surface area (Å²) in [4.78, 5) is 13.4. The van der Waals surface area contributed by atoms with Gasteiger partial charge >= 0.3 is 0 Å². The standard InChI is InChI=1S/C24H22N2O5S/c1-30-23-14-18-17-10-5-6-12-21(17)31-22(18)15-19(23)25-24(27)20-11-7-13-26(20)32(28,29)16-8-3-2-4-9-16/h2-6,8-10,12,14-15,20H,7,11,13H2,1H3,(H,25,27). The van der Waals surface area contributed by atoms with E-state index in [1.54, 1.807) is 36.4 Å². The van der Waals surface area contributed by atoms with E-state index in [0.29, 0.717) is 36.4 Å². The summed E-state index contributed by atoms with van der Waals surface area (Å²) in [6.45, 7) is 0.301. The Morgan fingerprint density at radius 3 is 2.56 bits per heavy atom. The molecule has 2 heterocycles. The fraction of sp³-hybridized carbons (Fsp3) is 0.208. The van der Waals surface area contributed by atoms with Crippen molar-refractivity contribution in [2.24, 2.45) is 0 Å². The lowest BCUT2D eigenvalue weighted by molar-refractivity contribution is -0.119. The summed E-state index contributed by atoms with van der Waals surface area (Å²) in [5, 5.41) is 4.70. The van der Waals surface area contributed by atoms with Crippen LogP contribution in [-0.2, 0) is 14.8 Å². The predicted molar refractivity (Wildman–Crippen MR) is 122 cm³/mol. The van der Waals surface area contributed by atoms with E-state index in [2.05, 4.69) is 5.32 Å². The summed E-state index contributed by atoms with van der Waals surface area (Å²) in [5.41, 5.74) is 1.79. The van der Waals surface area contributed by atoms with Crippen LogP contribution in [0.15, 0.2) is 76.0 Å². The van der Waals surface area contributed by atoms with Crippen molar-refractivity contribution in [3.05, 3.63) is 66.7 Å². The van der Waals surface area contributed by atoms with Gasteiger partial charge < -0.3 is 14.5 Å². The molecule has 8 heteroatoms. The van der Waals surface area contributed by atoms with E-state index in [1.165, 1.54) is 11.4 Å². The van der Waals surface area contributed by atoms with Crippen molar-refractivity contribution >= 4 is 43.6 Å². The molecule has 164 valence electrons. The molecule has 5 rings (SSSR count). The number of anilines is 1. The minimum absolute atomic E-state index is 0.181. The van der Waals surface area contributed by atoms with Crippen LogP contribution in [0.1, 0.15) is 12.8 Å². The number of rotatable bonds is 5. The van der Waals surface area contributed by atoms with Crippen molar-refractivity contribution in [3.8, 4) is 5.75 Å². The zero-order chi connectivity index (χ0) is 22.3. The van der Waals surface area contributed by atoms with Gasteiger partial charge in [-0.05, 0) is 37.1 Å². The van der Waals surface area contributed by atoms with Gasteiger partial charge in [-0.2, -0.15) is 4.31 Å². The molecule has 0 aliphatic carbocycles. The Balaban J connectivity index is 1.47. The first-order valence-electron chi connectivity index (χ1n) is 10.4. The Hall–Kier alpha value is -3.36. The molecular formula is C24H22N2O5S. The number of carbonyl (C=O) groups excluding carboxylic acids is 1. The molecule has 4 aromatic rings. The van der Waals surface area contributed by atoms with Crippen molar-refractivity contribution in [1.29, 1.82) is 0 Å². The first-order valence-corrected chi connectivity index (χ1v) is 11.8. The number of furan rings is 1. The monoisotopic (exact) mass is 450 g/mol. The molecule has 1 fully saturated rings. The number of nitrogens with one attached hydrogen (secondary N) is 1. The Morgan fingerprint density at radius 2 is 1.78 bits per heavy atom. The third kappa shape index (κ3) is 3.41. The minimum Gasteiger partial charge on any atom is -0.495 e. The molecule has 1 aliphatic rings. The Labute approximate surface area is 185 Å². The number of para-hydroxylation sites is 1. The summed E-state index contributed by atoms with van der Waals surface area (Å²) in [5.74, 6) is 0.0867. The maximum absolute atomic E-state index is 13.2. The van der Waals surface area contributed by atoms with E-state index in [-0.39, 0.29) is 4.90 Å². The second-order valence-corrected chi connectivity index (χ2v) is 9.61. The average Bonchev–Trinajstić information content (AvgIpc) is 3.44. The number of sulfonamides is 1. The lowest BCUT2D eigenvalue weighted by atomic mass is 10.1. The number of ether oxygens (including phenoxy) is 1. The topological polar surface area (TPSA) is 88.9 Å². The molecule has 1 saturated heterocycles. The SMILES string of the molecule is COc1cc2c(cc1NC(=O)C1CCCN1S(=O)(=O)c1ccccc1)oc1ccccc12. The van der Waals surface area contributed by atoms with Crippen LogP contribution in [0.5, 0.6) is 5.75 Å². The molecule has 1 amide bonds. The Kier molecular flexibility index (Phi) is 5.11. The highest BCUT2D eigenvalue weighted by Crippen LogP contribution is 2.37. The van der Waals surface area contributed by atoms with Crippen LogP contribution in [0, 0.1) is 0 Å². The van der Waals surface area contributed by atoms with Crippen LogP contribution in [0.25, 0.3) is 21.9 Å². The van der Waals surface area contributed by atoms with Crippen molar-refractivity contribution in [3.63, 3.8) is 0 Å². The van der Waals surface area contributed by atoms with Gasteiger partial charge in [-0.15, -0.1) is 0 Å². The van der Waals surface area contributed by atoms with Gasteiger partial charge in [0.1, 0.15) is 23.0 Å². The normalized spacial score (nSPS) is 17.1. The van der Waals surface area contributed by atoms with Crippen molar-refractivity contribution in [1.82, 2.24) is 4.31 Å². The highest BCUT2D eigenvalue weighted by atomic mass is 32.2. The predicted octanol–water partition coefficient (Wildman–Crippen LogP) is 4.39. The summed E-state index contributed by atoms with van der Waals surface area (Å²) >= 11 is 0. The molecule has 1 N–H and O–H groups in total. The van der Waals surface area contributed by atoms with E-state index in [9.17, 15) is 13.2 Å². The Bertz CT molecular complexity index is 1410. The Morgan fingerprint density at radius 1 is 1.03 bits per heavy atom. The largest absolute Gasteiger partial charge is 0.495 e. The van der Waals surface area contributed by atoms with E-state index >= 15 is 0 Å². The molecule has 0 saturated carbocycles. The maximum atomic E-state index is 13.2. The van der Waals surface area contributed by atoms with Gasteiger partial charge in [0.2, 0.25) is 15.9 Å². The molecule has 7 nitrogen and oxygen atoms in total. The van der Waals surface area contributed by atoms with E-state index in [1.807, 2.05) is 30.3 Å². The van der Waals surface area contributed by atoms with Gasteiger partial charge in [-0.25, -0.2) is 8.42 Å². The third-order valence-corrected chi connectivity index (χ3v) is 7.74. The molecule has 0 radical (unpaired) electrons. The average molecular weight is 451 g/mol. The summed E-state index contributed by atoms with van der Waals surface area (Å²) < 4.78 is 38.9. The number of methoxy groups -OCH3 is 1. The lowest BCUT2D eigenvalue weighted by Crippen LogP contribution is -2.43. The van der Waals surface area contributed by atoms with Crippen LogP contribution in [0.4, 0.5) is 5.69 Å². The summed E-state index contributed by atoms with van der Waals surface area (Å²) in [6, 6.07) is 18.6. The lowest BCUT2D eigenvalue weighted by Gasteiger charge is -2.23. The van der Waals surface area contributed by atoms with Crippen molar-refractivity contribution in [2.75, 3.05) is 19.0 Å². The van der Waals surface area contributed by atoms with Gasteiger partial charge in [0.15, 0.2) is 0 Å². The second-order valence-electron chi connectivity index (χ2n) is 7.72. The van der Waals surface area contributed by atoms with Crippen LogP contribution in [-0.4, -0.2) is 38.3 Å². The third-order valence-electron chi connectivity index (χ3n) is 5.81. The second kappa shape index (κ2) is 7.96. The number of carbonyl (C=O) groups is 1. The van der Waals surface area contributed by atoms with Gasteiger partial charge in [-0.1, -0.05) is 36.4 Å². The quantitative estimate of drug-likeness (QED) is 0.487. The number of hydrogen-bond acceptors (Lipinski definition) is 5. The van der Waals surface area contributed by atoms with E-state index in [4.69, 9.17) is 9.15 Å². The van der Waals surface area contributed by atoms with Crippen molar-refractivity contribution < 1.29 is 22.4 Å². The van der Waals surface area contributed by atoms with Crippen LogP contribution < -0.4 is 10.1 Å². The zero-order valence-corrected chi connectivity index (χ0v) is 18.3. The summed E-state index contributed by atoms with van der Waals surface area (Å²) in [7, 11) is -2.24. The molecule has 1 aromatic heterocycles. The van der Waals surface area contributed by atoms with Crippen molar-refractivity contribution in [2.45, 2.75) is 23.8 Å². The molecule has 1 unspecified atom stereocenters. The first-order chi connectivity index (χ1) is 15.5. The fourth-order valence-electron chi connectivity index (χ4n) is 4.25. The van der Waals surface area contributed by atoms with Gasteiger partial charge in [0.25, 0.3) is 0 Å².